The van der Waals surface area contributed by atoms with E-state index in [9.17, 15) is 4.79 Å². The maximum Gasteiger partial charge on any atom is 0.244 e. The van der Waals surface area contributed by atoms with Crippen molar-refractivity contribution in [3.8, 4) is 0 Å². The Morgan fingerprint density at radius 2 is 1.86 bits per heavy atom. The molecule has 0 bridgehead atoms. The minimum absolute atomic E-state index is 0.140. The number of aromatic nitrogens is 2. The maximum atomic E-state index is 11.8. The molecule has 4 nitrogen and oxygen atoms in total. The van der Waals surface area contributed by atoms with Crippen LogP contribution in [0, 0.1) is 0 Å². The van der Waals surface area contributed by atoms with Gasteiger partial charge in [0, 0.05) is 6.08 Å². The van der Waals surface area contributed by atoms with E-state index in [-0.39, 0.29) is 5.91 Å². The highest BCUT2D eigenvalue weighted by molar-refractivity contribution is 5.91. The van der Waals surface area contributed by atoms with E-state index in [2.05, 4.69) is 15.3 Å². The number of carbonyl (C=O) groups excluding carboxylic acids is 1. The Morgan fingerprint density at radius 3 is 2.67 bits per heavy atom. The number of amides is 1. The second-order valence-electron chi connectivity index (χ2n) is 4.66. The van der Waals surface area contributed by atoms with Gasteiger partial charge in [0.2, 0.25) is 5.91 Å². The molecule has 3 aromatic rings. The molecular weight excluding hydrogens is 262 g/mol. The molecule has 4 heteroatoms. The van der Waals surface area contributed by atoms with Crippen molar-refractivity contribution >= 4 is 23.0 Å². The summed E-state index contributed by atoms with van der Waals surface area (Å²) in [5, 5.41) is 2.81. The van der Waals surface area contributed by atoms with Gasteiger partial charge in [0.1, 0.15) is 5.82 Å². The number of para-hydroxylation sites is 2. The van der Waals surface area contributed by atoms with Crippen LogP contribution in [0.2, 0.25) is 0 Å². The Morgan fingerprint density at radius 1 is 1.10 bits per heavy atom. The van der Waals surface area contributed by atoms with Crippen LogP contribution < -0.4 is 5.32 Å². The van der Waals surface area contributed by atoms with Crippen LogP contribution in [0.5, 0.6) is 0 Å². The molecule has 0 saturated carbocycles. The van der Waals surface area contributed by atoms with Crippen molar-refractivity contribution in [2.24, 2.45) is 0 Å². The van der Waals surface area contributed by atoms with Gasteiger partial charge in [-0.1, -0.05) is 42.5 Å². The number of carbonyl (C=O) groups is 1. The zero-order valence-electron chi connectivity index (χ0n) is 11.4. The van der Waals surface area contributed by atoms with Gasteiger partial charge in [-0.3, -0.25) is 4.79 Å². The Hall–Kier alpha value is -2.88. The largest absolute Gasteiger partial charge is 0.345 e. The molecule has 0 saturated heterocycles. The molecule has 1 aromatic heterocycles. The zero-order valence-corrected chi connectivity index (χ0v) is 11.4. The standard InChI is InChI=1S/C17H15N3O/c21-17(11-10-13-6-2-1-3-7-13)18-12-16-19-14-8-4-5-9-15(14)20-16/h1-11H,12H2,(H,18,21)(H,19,20)/b11-10-. The molecule has 0 aliphatic carbocycles. The Bertz CT molecular complexity index is 742. The summed E-state index contributed by atoms with van der Waals surface area (Å²) in [5.41, 5.74) is 2.87. The molecule has 1 amide bonds. The third-order valence-corrected chi connectivity index (χ3v) is 3.10. The molecule has 2 aromatic carbocycles. The van der Waals surface area contributed by atoms with Gasteiger partial charge in [0.15, 0.2) is 0 Å². The van der Waals surface area contributed by atoms with Gasteiger partial charge in [0.05, 0.1) is 17.6 Å². The van der Waals surface area contributed by atoms with Crippen LogP contribution in [0.1, 0.15) is 11.4 Å². The number of fused-ring (bicyclic) bond motifs is 1. The second-order valence-corrected chi connectivity index (χ2v) is 4.66. The Balaban J connectivity index is 1.59. The summed E-state index contributed by atoms with van der Waals surface area (Å²) in [5.74, 6) is 0.608. The first-order valence-corrected chi connectivity index (χ1v) is 6.76. The van der Waals surface area contributed by atoms with E-state index in [4.69, 9.17) is 0 Å². The Kier molecular flexibility index (Phi) is 3.78. The number of hydrogen-bond donors (Lipinski definition) is 2. The topological polar surface area (TPSA) is 57.8 Å². The average molecular weight is 277 g/mol. The molecule has 0 spiro atoms. The molecule has 0 aliphatic rings. The summed E-state index contributed by atoms with van der Waals surface area (Å²) in [4.78, 5) is 19.3. The van der Waals surface area contributed by atoms with E-state index in [1.807, 2.05) is 54.6 Å². The van der Waals surface area contributed by atoms with Gasteiger partial charge in [-0.2, -0.15) is 0 Å². The molecule has 0 unspecified atom stereocenters. The van der Waals surface area contributed by atoms with Crippen LogP contribution in [0.25, 0.3) is 17.1 Å². The molecule has 0 atom stereocenters. The van der Waals surface area contributed by atoms with Crippen molar-refractivity contribution in [2.45, 2.75) is 6.54 Å². The van der Waals surface area contributed by atoms with E-state index >= 15 is 0 Å². The van der Waals surface area contributed by atoms with Crippen LogP contribution in [0.15, 0.2) is 60.7 Å². The van der Waals surface area contributed by atoms with Crippen molar-refractivity contribution in [3.05, 3.63) is 72.1 Å². The lowest BCUT2D eigenvalue weighted by Crippen LogP contribution is -2.20. The first-order valence-electron chi connectivity index (χ1n) is 6.76. The van der Waals surface area contributed by atoms with Crippen LogP contribution in [0.3, 0.4) is 0 Å². The predicted molar refractivity (Wildman–Crippen MR) is 83.4 cm³/mol. The molecule has 1 heterocycles. The number of H-pyrrole nitrogens is 1. The molecule has 2 N–H and O–H groups in total. The molecule has 0 radical (unpaired) electrons. The van der Waals surface area contributed by atoms with Gasteiger partial charge in [-0.05, 0) is 23.8 Å². The highest BCUT2D eigenvalue weighted by atomic mass is 16.1. The lowest BCUT2D eigenvalue weighted by Gasteiger charge is -1.98. The highest BCUT2D eigenvalue weighted by Gasteiger charge is 2.02. The number of imidazole rings is 1. The second kappa shape index (κ2) is 6.05. The number of hydrogen-bond acceptors (Lipinski definition) is 2. The highest BCUT2D eigenvalue weighted by Crippen LogP contribution is 2.09. The van der Waals surface area contributed by atoms with Crippen molar-refractivity contribution in [1.29, 1.82) is 0 Å². The van der Waals surface area contributed by atoms with Crippen molar-refractivity contribution in [1.82, 2.24) is 15.3 Å². The van der Waals surface area contributed by atoms with Crippen LogP contribution in [-0.2, 0) is 11.3 Å². The summed E-state index contributed by atoms with van der Waals surface area (Å²) in [6.07, 6.45) is 3.31. The summed E-state index contributed by atoms with van der Waals surface area (Å²) in [6, 6.07) is 17.5. The van der Waals surface area contributed by atoms with Gasteiger partial charge in [-0.25, -0.2) is 4.98 Å². The SMILES string of the molecule is O=C(/C=C\c1ccccc1)NCc1nc2ccccc2[nH]1. The average Bonchev–Trinajstić information content (AvgIpc) is 2.95. The number of aromatic amines is 1. The summed E-state index contributed by atoms with van der Waals surface area (Å²) in [7, 11) is 0. The predicted octanol–water partition coefficient (Wildman–Crippen LogP) is 2.89. The smallest absolute Gasteiger partial charge is 0.244 e. The van der Waals surface area contributed by atoms with E-state index in [1.54, 1.807) is 6.08 Å². The van der Waals surface area contributed by atoms with E-state index in [0.29, 0.717) is 6.54 Å². The van der Waals surface area contributed by atoms with E-state index in [1.165, 1.54) is 6.08 Å². The number of rotatable bonds is 4. The lowest BCUT2D eigenvalue weighted by atomic mass is 10.2. The van der Waals surface area contributed by atoms with Crippen LogP contribution in [-0.4, -0.2) is 15.9 Å². The number of nitrogens with zero attached hydrogens (tertiary/aromatic N) is 1. The fourth-order valence-corrected chi connectivity index (χ4v) is 2.06. The normalized spacial score (nSPS) is 11.0. The quantitative estimate of drug-likeness (QED) is 0.720. The van der Waals surface area contributed by atoms with Gasteiger partial charge < -0.3 is 10.3 Å². The van der Waals surface area contributed by atoms with Crippen molar-refractivity contribution in [2.75, 3.05) is 0 Å². The molecule has 0 fully saturated rings. The molecule has 104 valence electrons. The van der Waals surface area contributed by atoms with E-state index < -0.39 is 0 Å². The minimum atomic E-state index is -0.140. The number of nitrogens with one attached hydrogen (secondary N) is 2. The third-order valence-electron chi connectivity index (χ3n) is 3.10. The fraction of sp³-hybridized carbons (Fsp3) is 0.0588. The van der Waals surface area contributed by atoms with Crippen LogP contribution in [0.4, 0.5) is 0 Å². The van der Waals surface area contributed by atoms with Gasteiger partial charge in [0.25, 0.3) is 0 Å². The molecule has 0 aliphatic heterocycles. The summed E-state index contributed by atoms with van der Waals surface area (Å²) in [6.45, 7) is 0.382. The zero-order chi connectivity index (χ0) is 14.5. The number of benzene rings is 2. The van der Waals surface area contributed by atoms with Gasteiger partial charge >= 0.3 is 0 Å². The summed E-state index contributed by atoms with van der Waals surface area (Å²) < 4.78 is 0. The first kappa shape index (κ1) is 13.1. The molecule has 3 rings (SSSR count). The molecule has 21 heavy (non-hydrogen) atoms. The van der Waals surface area contributed by atoms with Crippen LogP contribution >= 0.6 is 0 Å². The fourth-order valence-electron chi connectivity index (χ4n) is 2.06. The van der Waals surface area contributed by atoms with E-state index in [0.717, 1.165) is 22.4 Å². The third kappa shape index (κ3) is 3.36. The first-order chi connectivity index (χ1) is 10.3. The Labute approximate surface area is 122 Å². The lowest BCUT2D eigenvalue weighted by molar-refractivity contribution is -0.116. The monoisotopic (exact) mass is 277 g/mol. The maximum absolute atomic E-state index is 11.8. The molecular formula is C17H15N3O. The summed E-state index contributed by atoms with van der Waals surface area (Å²) >= 11 is 0. The van der Waals surface area contributed by atoms with Gasteiger partial charge in [-0.15, -0.1) is 0 Å². The van der Waals surface area contributed by atoms with Crippen molar-refractivity contribution in [3.63, 3.8) is 0 Å². The van der Waals surface area contributed by atoms with Crippen molar-refractivity contribution < 1.29 is 4.79 Å². The minimum Gasteiger partial charge on any atom is -0.345 e.